The molecule has 1 unspecified atom stereocenters. The Kier molecular flexibility index (Phi) is 5.06. The predicted molar refractivity (Wildman–Crippen MR) is 104 cm³/mol. The van der Waals surface area contributed by atoms with Crippen molar-refractivity contribution in [2.75, 3.05) is 19.6 Å². The minimum absolute atomic E-state index is 0.0487. The van der Waals surface area contributed by atoms with Crippen LogP contribution in [0.15, 0.2) is 66.9 Å². The second-order valence-corrected chi connectivity index (χ2v) is 6.66. The van der Waals surface area contributed by atoms with Crippen LogP contribution in [0.3, 0.4) is 0 Å². The van der Waals surface area contributed by atoms with Gasteiger partial charge in [0.1, 0.15) is 0 Å². The van der Waals surface area contributed by atoms with Crippen LogP contribution in [0.25, 0.3) is 10.9 Å². The molecule has 0 radical (unpaired) electrons. The average Bonchev–Trinajstić information content (AvgIpc) is 3.08. The molecular weight excluding hydrogens is 292 g/mol. The Morgan fingerprint density at radius 2 is 1.54 bits per heavy atom. The van der Waals surface area contributed by atoms with E-state index in [1.54, 1.807) is 0 Å². The Bertz CT molecular complexity index is 771. The predicted octanol–water partition coefficient (Wildman–Crippen LogP) is 5.14. The van der Waals surface area contributed by atoms with Crippen molar-refractivity contribution in [3.8, 4) is 0 Å². The second kappa shape index (κ2) is 7.23. The van der Waals surface area contributed by atoms with Crippen LogP contribution in [0.1, 0.15) is 32.8 Å². The molecule has 0 fully saturated rings. The Hall–Kier alpha value is -2.06. The first-order chi connectivity index (χ1) is 11.7. The van der Waals surface area contributed by atoms with E-state index in [1.807, 2.05) is 0 Å². The molecule has 0 bridgehead atoms. The average molecular weight is 320 g/mol. The molecule has 2 nitrogen and oxygen atoms in total. The zero-order valence-electron chi connectivity index (χ0n) is 15.1. The van der Waals surface area contributed by atoms with E-state index in [1.165, 1.54) is 16.5 Å². The highest BCUT2D eigenvalue weighted by atomic mass is 15.1. The van der Waals surface area contributed by atoms with Gasteiger partial charge >= 0.3 is 0 Å². The molecule has 1 heterocycles. The summed E-state index contributed by atoms with van der Waals surface area (Å²) < 4.78 is 2.46. The summed E-state index contributed by atoms with van der Waals surface area (Å²) in [7, 11) is 0. The fourth-order valence-electron chi connectivity index (χ4n) is 3.63. The van der Waals surface area contributed by atoms with E-state index < -0.39 is 0 Å². The van der Waals surface area contributed by atoms with Gasteiger partial charge in [-0.25, -0.2) is 0 Å². The highest BCUT2D eigenvalue weighted by Crippen LogP contribution is 2.33. The van der Waals surface area contributed by atoms with Crippen molar-refractivity contribution in [2.24, 2.45) is 0 Å². The topological polar surface area (TPSA) is 8.17 Å². The molecule has 2 heteroatoms. The Morgan fingerprint density at radius 3 is 2.25 bits per heavy atom. The first kappa shape index (κ1) is 16.8. The van der Waals surface area contributed by atoms with Crippen molar-refractivity contribution in [1.29, 1.82) is 0 Å². The molecule has 3 rings (SSSR count). The molecule has 1 aromatic heterocycles. The lowest BCUT2D eigenvalue weighted by atomic mass is 9.87. The normalized spacial score (nSPS) is 14.2. The third kappa shape index (κ3) is 3.11. The molecule has 0 spiro atoms. The summed E-state index contributed by atoms with van der Waals surface area (Å²) in [6, 6.07) is 21.8. The summed E-state index contributed by atoms with van der Waals surface area (Å²) in [5.41, 5.74) is 2.63. The molecule has 3 aromatic rings. The lowest BCUT2D eigenvalue weighted by molar-refractivity contribution is 0.249. The summed E-state index contributed by atoms with van der Waals surface area (Å²) >= 11 is 0. The number of fused-ring (bicyclic) bond motifs is 1. The van der Waals surface area contributed by atoms with Gasteiger partial charge in [0.25, 0.3) is 0 Å². The standard InChI is InChI=1S/C22H28N2/c1-4-23(5-2)18-16-22(3,20-12-7-6-8-13-20)24-17-15-19-11-9-10-14-21(19)24/h6-15,17H,4-5,16,18H2,1-3H3. The van der Waals surface area contributed by atoms with Crippen LogP contribution in [-0.4, -0.2) is 29.1 Å². The van der Waals surface area contributed by atoms with Gasteiger partial charge in [-0.05, 0) is 49.5 Å². The molecule has 0 aliphatic carbocycles. The monoisotopic (exact) mass is 320 g/mol. The largest absolute Gasteiger partial charge is 0.337 e. The van der Waals surface area contributed by atoms with Crippen LogP contribution < -0.4 is 0 Å². The maximum Gasteiger partial charge on any atom is 0.0680 e. The zero-order chi connectivity index (χ0) is 17.0. The number of hydrogen-bond donors (Lipinski definition) is 0. The van der Waals surface area contributed by atoms with E-state index >= 15 is 0 Å². The molecule has 126 valence electrons. The van der Waals surface area contributed by atoms with Gasteiger partial charge in [-0.1, -0.05) is 62.4 Å². The maximum absolute atomic E-state index is 2.51. The summed E-state index contributed by atoms with van der Waals surface area (Å²) in [5.74, 6) is 0. The van der Waals surface area contributed by atoms with Crippen LogP contribution in [-0.2, 0) is 5.54 Å². The molecule has 1 atom stereocenters. The van der Waals surface area contributed by atoms with Crippen molar-refractivity contribution in [3.05, 3.63) is 72.4 Å². The van der Waals surface area contributed by atoms with Gasteiger partial charge in [0.2, 0.25) is 0 Å². The third-order valence-corrected chi connectivity index (χ3v) is 5.34. The van der Waals surface area contributed by atoms with E-state index in [2.05, 4.69) is 97.1 Å². The van der Waals surface area contributed by atoms with E-state index in [4.69, 9.17) is 0 Å². The van der Waals surface area contributed by atoms with Crippen LogP contribution in [0, 0.1) is 0 Å². The first-order valence-electron chi connectivity index (χ1n) is 9.03. The van der Waals surface area contributed by atoms with Crippen LogP contribution in [0.5, 0.6) is 0 Å². The van der Waals surface area contributed by atoms with Gasteiger partial charge in [0.05, 0.1) is 5.54 Å². The molecule has 0 saturated carbocycles. The van der Waals surface area contributed by atoms with E-state index in [-0.39, 0.29) is 5.54 Å². The van der Waals surface area contributed by atoms with E-state index in [0.29, 0.717) is 0 Å². The number of nitrogens with zero attached hydrogens (tertiary/aromatic N) is 2. The molecule has 0 amide bonds. The number of rotatable bonds is 7. The van der Waals surface area contributed by atoms with Crippen molar-refractivity contribution in [1.82, 2.24) is 9.47 Å². The fourth-order valence-corrected chi connectivity index (χ4v) is 3.63. The molecule has 0 N–H and O–H groups in total. The quantitative estimate of drug-likeness (QED) is 0.585. The van der Waals surface area contributed by atoms with Gasteiger partial charge in [0.15, 0.2) is 0 Å². The van der Waals surface area contributed by atoms with Gasteiger partial charge in [-0.15, -0.1) is 0 Å². The molecule has 0 saturated heterocycles. The van der Waals surface area contributed by atoms with Crippen molar-refractivity contribution in [2.45, 2.75) is 32.7 Å². The summed E-state index contributed by atoms with van der Waals surface area (Å²) in [6.45, 7) is 10.2. The van der Waals surface area contributed by atoms with Crippen LogP contribution in [0.2, 0.25) is 0 Å². The Balaban J connectivity index is 2.05. The smallest absolute Gasteiger partial charge is 0.0680 e. The number of benzene rings is 2. The minimum atomic E-state index is -0.0487. The van der Waals surface area contributed by atoms with Gasteiger partial charge in [-0.2, -0.15) is 0 Å². The molecule has 24 heavy (non-hydrogen) atoms. The van der Waals surface area contributed by atoms with Gasteiger partial charge < -0.3 is 9.47 Å². The highest BCUT2D eigenvalue weighted by molar-refractivity contribution is 5.80. The van der Waals surface area contributed by atoms with Gasteiger partial charge in [-0.3, -0.25) is 0 Å². The van der Waals surface area contributed by atoms with Crippen molar-refractivity contribution >= 4 is 10.9 Å². The summed E-state index contributed by atoms with van der Waals surface area (Å²) in [6.07, 6.45) is 3.34. The number of hydrogen-bond acceptors (Lipinski definition) is 1. The van der Waals surface area contributed by atoms with E-state index in [0.717, 1.165) is 26.1 Å². The van der Waals surface area contributed by atoms with Crippen LogP contribution >= 0.6 is 0 Å². The molecule has 0 aliphatic rings. The summed E-state index contributed by atoms with van der Waals surface area (Å²) in [5, 5.41) is 1.31. The molecule has 0 aliphatic heterocycles. The SMILES string of the molecule is CCN(CC)CCC(C)(c1ccccc1)n1ccc2ccccc21. The number of aromatic nitrogens is 1. The Morgan fingerprint density at radius 1 is 0.875 bits per heavy atom. The molecular formula is C22H28N2. The second-order valence-electron chi connectivity index (χ2n) is 6.66. The fraction of sp³-hybridized carbons (Fsp3) is 0.364. The van der Waals surface area contributed by atoms with E-state index in [9.17, 15) is 0 Å². The third-order valence-electron chi connectivity index (χ3n) is 5.34. The van der Waals surface area contributed by atoms with Crippen LogP contribution in [0.4, 0.5) is 0 Å². The Labute approximate surface area is 145 Å². The van der Waals surface area contributed by atoms with Gasteiger partial charge in [0, 0.05) is 18.3 Å². The number of para-hydroxylation sites is 1. The first-order valence-corrected chi connectivity index (χ1v) is 9.03. The maximum atomic E-state index is 2.51. The molecule has 2 aromatic carbocycles. The van der Waals surface area contributed by atoms with Crippen molar-refractivity contribution in [3.63, 3.8) is 0 Å². The lowest BCUT2D eigenvalue weighted by Gasteiger charge is -2.35. The lowest BCUT2D eigenvalue weighted by Crippen LogP contribution is -2.36. The zero-order valence-corrected chi connectivity index (χ0v) is 15.1. The minimum Gasteiger partial charge on any atom is -0.337 e. The van der Waals surface area contributed by atoms with Crippen molar-refractivity contribution < 1.29 is 0 Å². The summed E-state index contributed by atoms with van der Waals surface area (Å²) in [4.78, 5) is 2.51. The highest BCUT2D eigenvalue weighted by Gasteiger charge is 2.29.